The minimum Gasteiger partial charge on any atom is -0.309 e. The summed E-state index contributed by atoms with van der Waals surface area (Å²) in [6.07, 6.45) is 0. The Labute approximate surface area is 360 Å². The van der Waals surface area contributed by atoms with E-state index < -0.39 is 12.1 Å². The Morgan fingerprint density at radius 3 is 1.98 bits per heavy atom. The van der Waals surface area contributed by atoms with Gasteiger partial charge in [0.1, 0.15) is 0 Å². The molecule has 0 saturated heterocycles. The molecule has 12 aromatic rings. The standard InChI is InChI=1S/C55H34N4S/c1-2-15-35(16-3-1)37-31-32-51-47(34-37)44-26-14-25-41(52(44)60-51)38-19-12-20-39(33-38)53-56-54(45-27-13-18-36-17-4-5-21-40(36)45)58-55(57-53)46-24-8-11-30-50(46)59-48-28-9-6-22-42(48)43-23-7-10-29-49(43)59/h1-34H/i6D,7D,9D,22D,23D,28D,29D. The molecule has 0 fully saturated rings. The molecule has 0 aliphatic heterocycles. The summed E-state index contributed by atoms with van der Waals surface area (Å²) in [5.41, 5.74) is 7.16. The third-order valence-corrected chi connectivity index (χ3v) is 12.4. The number of nitrogens with zero attached hydrogens (tertiary/aromatic N) is 4. The lowest BCUT2D eigenvalue weighted by molar-refractivity contribution is 1.07. The van der Waals surface area contributed by atoms with Gasteiger partial charge in [-0.15, -0.1) is 11.3 Å². The maximum Gasteiger partial charge on any atom is 0.166 e. The number of fused-ring (bicyclic) bond motifs is 7. The first-order chi connectivity index (χ1) is 32.6. The Hall–Kier alpha value is -7.73. The Morgan fingerprint density at radius 2 is 1.05 bits per heavy atom. The molecule has 4 nitrogen and oxygen atoms in total. The van der Waals surface area contributed by atoms with E-state index in [2.05, 4.69) is 72.8 Å². The van der Waals surface area contributed by atoms with E-state index in [0.717, 1.165) is 33.0 Å². The number of benzene rings is 9. The van der Waals surface area contributed by atoms with Crippen molar-refractivity contribution in [1.29, 1.82) is 0 Å². The second-order valence-corrected chi connectivity index (χ2v) is 15.7. The number of thiophene rings is 1. The fourth-order valence-electron chi connectivity index (χ4n) is 8.39. The van der Waals surface area contributed by atoms with E-state index in [4.69, 9.17) is 23.2 Å². The van der Waals surface area contributed by atoms with Crippen molar-refractivity contribution in [2.75, 3.05) is 0 Å². The summed E-state index contributed by atoms with van der Waals surface area (Å²) in [4.78, 5) is 15.6. The highest BCUT2D eigenvalue weighted by Crippen LogP contribution is 2.42. The molecule has 60 heavy (non-hydrogen) atoms. The first kappa shape index (κ1) is 27.8. The fraction of sp³-hybridized carbons (Fsp3) is 0. The van der Waals surface area contributed by atoms with E-state index in [1.54, 1.807) is 28.0 Å². The molecule has 0 saturated carbocycles. The van der Waals surface area contributed by atoms with Crippen molar-refractivity contribution in [2.24, 2.45) is 0 Å². The highest BCUT2D eigenvalue weighted by atomic mass is 32.1. The van der Waals surface area contributed by atoms with Crippen LogP contribution in [0.15, 0.2) is 206 Å². The largest absolute Gasteiger partial charge is 0.309 e. The minimum absolute atomic E-state index is 0.0679. The lowest BCUT2D eigenvalue weighted by Crippen LogP contribution is -2.03. The number of hydrogen-bond donors (Lipinski definition) is 0. The van der Waals surface area contributed by atoms with Gasteiger partial charge < -0.3 is 4.57 Å². The van der Waals surface area contributed by atoms with Crippen molar-refractivity contribution in [3.63, 3.8) is 0 Å². The summed E-state index contributed by atoms with van der Waals surface area (Å²) in [6.45, 7) is 0. The van der Waals surface area contributed by atoms with Gasteiger partial charge in [-0.25, -0.2) is 15.0 Å². The predicted molar refractivity (Wildman–Crippen MR) is 252 cm³/mol. The summed E-state index contributed by atoms with van der Waals surface area (Å²) in [5, 5.41) is 4.52. The number of aromatic nitrogens is 4. The SMILES string of the molecule is [2H]c1cc([2H])c2c(c1[2H])c1c([2H])c([2H])c([2H])c([2H])c1n2-c1ccccc1-c1nc(-c2cccc(-c3cccc4c3sc3ccc(-c5ccccc5)cc34)c2)nc(-c2cccc3ccccc23)n1. The van der Waals surface area contributed by atoms with Crippen LogP contribution in [-0.2, 0) is 0 Å². The molecule has 9 aromatic carbocycles. The second kappa shape index (κ2) is 14.0. The van der Waals surface area contributed by atoms with Crippen LogP contribution < -0.4 is 0 Å². The molecule has 280 valence electrons. The number of rotatable bonds is 6. The zero-order valence-corrected chi connectivity index (χ0v) is 32.6. The van der Waals surface area contributed by atoms with E-state index in [1.165, 1.54) is 37.4 Å². The molecule has 0 radical (unpaired) electrons. The smallest absolute Gasteiger partial charge is 0.166 e. The van der Waals surface area contributed by atoms with Crippen LogP contribution in [0.5, 0.6) is 0 Å². The lowest BCUT2D eigenvalue weighted by Gasteiger charge is -2.15. The van der Waals surface area contributed by atoms with E-state index >= 15 is 0 Å². The van der Waals surface area contributed by atoms with E-state index in [0.29, 0.717) is 28.7 Å². The van der Waals surface area contributed by atoms with Gasteiger partial charge >= 0.3 is 0 Å². The van der Waals surface area contributed by atoms with Crippen LogP contribution in [0.4, 0.5) is 0 Å². The monoisotopic (exact) mass is 789 g/mol. The van der Waals surface area contributed by atoms with Crippen LogP contribution in [0.2, 0.25) is 0 Å². The molecule has 12 rings (SSSR count). The fourth-order valence-corrected chi connectivity index (χ4v) is 9.61. The summed E-state index contributed by atoms with van der Waals surface area (Å²) in [6, 6.07) is 52.2. The van der Waals surface area contributed by atoms with Gasteiger partial charge in [0, 0.05) is 47.6 Å². The summed E-state index contributed by atoms with van der Waals surface area (Å²) in [7, 11) is 0. The normalized spacial score (nSPS) is 13.3. The van der Waals surface area contributed by atoms with E-state index in [-0.39, 0.29) is 52.0 Å². The molecular weight excluding hydrogens is 749 g/mol. The van der Waals surface area contributed by atoms with Crippen molar-refractivity contribution in [2.45, 2.75) is 0 Å². The highest BCUT2D eigenvalue weighted by Gasteiger charge is 2.20. The predicted octanol–water partition coefficient (Wildman–Crippen LogP) is 14.8. The molecule has 0 aliphatic carbocycles. The topological polar surface area (TPSA) is 43.6 Å². The molecule has 3 aromatic heterocycles. The van der Waals surface area contributed by atoms with Crippen molar-refractivity contribution in [3.05, 3.63) is 206 Å². The summed E-state index contributed by atoms with van der Waals surface area (Å²) >= 11 is 1.77. The van der Waals surface area contributed by atoms with Gasteiger partial charge in [-0.1, -0.05) is 164 Å². The average molecular weight is 790 g/mol. The quantitative estimate of drug-likeness (QED) is 0.168. The van der Waals surface area contributed by atoms with Crippen molar-refractivity contribution < 1.29 is 9.60 Å². The van der Waals surface area contributed by atoms with Gasteiger partial charge in [0.05, 0.1) is 26.3 Å². The van der Waals surface area contributed by atoms with Gasteiger partial charge in [-0.05, 0) is 75.4 Å². The molecule has 0 aliphatic rings. The number of hydrogen-bond acceptors (Lipinski definition) is 4. The van der Waals surface area contributed by atoms with Crippen molar-refractivity contribution >= 4 is 64.1 Å². The van der Waals surface area contributed by atoms with Crippen LogP contribution in [-0.4, -0.2) is 19.5 Å². The first-order valence-corrected chi connectivity index (χ1v) is 20.4. The van der Waals surface area contributed by atoms with Gasteiger partial charge in [-0.2, -0.15) is 0 Å². The molecule has 0 atom stereocenters. The Bertz CT molecular complexity index is 4030. The van der Waals surface area contributed by atoms with E-state index in [9.17, 15) is 1.37 Å². The van der Waals surface area contributed by atoms with Crippen LogP contribution in [0.1, 0.15) is 9.60 Å². The van der Waals surface area contributed by atoms with Crippen LogP contribution in [0, 0.1) is 0 Å². The van der Waals surface area contributed by atoms with Crippen molar-refractivity contribution in [3.8, 4) is 62.1 Å². The Kier molecular flexibility index (Phi) is 6.48. The van der Waals surface area contributed by atoms with Gasteiger partial charge in [0.15, 0.2) is 17.5 Å². The maximum atomic E-state index is 9.18. The van der Waals surface area contributed by atoms with Gasteiger partial charge in [0.2, 0.25) is 0 Å². The molecule has 3 heterocycles. The third kappa shape index (κ3) is 5.63. The summed E-state index contributed by atoms with van der Waals surface area (Å²) in [5.74, 6) is 1.13. The van der Waals surface area contributed by atoms with E-state index in [1.807, 2.05) is 72.8 Å². The molecule has 0 unspecified atom stereocenters. The molecule has 5 heteroatoms. The average Bonchev–Trinajstić information content (AvgIpc) is 3.94. The van der Waals surface area contributed by atoms with Crippen molar-refractivity contribution in [1.82, 2.24) is 19.5 Å². The molecule has 0 N–H and O–H groups in total. The second-order valence-electron chi connectivity index (χ2n) is 14.6. The Morgan fingerprint density at radius 1 is 0.400 bits per heavy atom. The number of para-hydroxylation sites is 3. The molecule has 0 bridgehead atoms. The molecular formula is C55H34N4S. The van der Waals surface area contributed by atoms with Gasteiger partial charge in [0.25, 0.3) is 0 Å². The van der Waals surface area contributed by atoms with Crippen LogP contribution in [0.3, 0.4) is 0 Å². The minimum atomic E-state index is -0.462. The van der Waals surface area contributed by atoms with Gasteiger partial charge in [-0.3, -0.25) is 0 Å². The third-order valence-electron chi connectivity index (χ3n) is 11.2. The van der Waals surface area contributed by atoms with Crippen LogP contribution in [0.25, 0.3) is 115 Å². The molecule has 0 amide bonds. The summed E-state index contributed by atoms with van der Waals surface area (Å²) < 4.78 is 66.1. The molecule has 0 spiro atoms. The first-order valence-electron chi connectivity index (χ1n) is 23.1. The lowest BCUT2D eigenvalue weighted by atomic mass is 9.99. The zero-order valence-electron chi connectivity index (χ0n) is 38.8. The Balaban J connectivity index is 1.09. The van der Waals surface area contributed by atoms with Crippen LogP contribution >= 0.6 is 11.3 Å². The maximum absolute atomic E-state index is 9.18. The zero-order chi connectivity index (χ0) is 45.7. The highest BCUT2D eigenvalue weighted by molar-refractivity contribution is 7.26.